The Morgan fingerprint density at radius 2 is 2.10 bits per heavy atom. The number of nitrogens with one attached hydrogen (secondary N) is 2. The molecule has 1 saturated heterocycles. The monoisotopic (exact) mass is 286 g/mol. The Labute approximate surface area is 127 Å². The molecule has 0 spiro atoms. The summed E-state index contributed by atoms with van der Waals surface area (Å²) in [5.41, 5.74) is 2.73. The predicted molar refractivity (Wildman–Crippen MR) is 85.3 cm³/mol. The summed E-state index contributed by atoms with van der Waals surface area (Å²) in [6.45, 7) is 6.44. The van der Waals surface area contributed by atoms with Gasteiger partial charge in [0, 0.05) is 12.6 Å². The number of carbonyl (C=O) groups excluding carboxylic acids is 1. The van der Waals surface area contributed by atoms with Crippen LogP contribution in [-0.4, -0.2) is 25.0 Å². The highest BCUT2D eigenvalue weighted by Gasteiger charge is 2.35. The average molecular weight is 286 g/mol. The van der Waals surface area contributed by atoms with Crippen LogP contribution in [0.2, 0.25) is 0 Å². The van der Waals surface area contributed by atoms with Crippen LogP contribution in [0.25, 0.3) is 0 Å². The van der Waals surface area contributed by atoms with E-state index in [0.29, 0.717) is 0 Å². The molecule has 0 radical (unpaired) electrons. The zero-order chi connectivity index (χ0) is 14.9. The van der Waals surface area contributed by atoms with Crippen molar-refractivity contribution >= 4 is 5.91 Å². The van der Waals surface area contributed by atoms with E-state index in [1.807, 2.05) is 0 Å². The highest BCUT2D eigenvalue weighted by Crippen LogP contribution is 2.33. The number of aryl methyl sites for hydroxylation is 1. The minimum atomic E-state index is 0.0423. The Kier molecular flexibility index (Phi) is 4.03. The van der Waals surface area contributed by atoms with Crippen molar-refractivity contribution in [1.29, 1.82) is 0 Å². The third kappa shape index (κ3) is 2.98. The first kappa shape index (κ1) is 14.6. The Morgan fingerprint density at radius 1 is 1.29 bits per heavy atom. The third-order valence-corrected chi connectivity index (χ3v) is 5.14. The number of hydrogen-bond donors (Lipinski definition) is 2. The van der Waals surface area contributed by atoms with Gasteiger partial charge < -0.3 is 10.6 Å². The summed E-state index contributed by atoms with van der Waals surface area (Å²) in [6, 6.07) is 8.71. The number of hydrogen-bond acceptors (Lipinski definition) is 2. The van der Waals surface area contributed by atoms with Crippen molar-refractivity contribution < 1.29 is 4.79 Å². The molecule has 0 saturated carbocycles. The number of amides is 1. The Morgan fingerprint density at radius 3 is 2.90 bits per heavy atom. The lowest BCUT2D eigenvalue weighted by Crippen LogP contribution is -2.55. The predicted octanol–water partition coefficient (Wildman–Crippen LogP) is 2.61. The van der Waals surface area contributed by atoms with E-state index in [9.17, 15) is 4.79 Å². The van der Waals surface area contributed by atoms with E-state index in [1.165, 1.54) is 11.1 Å². The van der Waals surface area contributed by atoms with Crippen LogP contribution in [-0.2, 0) is 11.2 Å². The van der Waals surface area contributed by atoms with E-state index in [1.54, 1.807) is 0 Å². The quantitative estimate of drug-likeness (QED) is 0.877. The Hall–Kier alpha value is -1.35. The molecule has 1 amide bonds. The molecule has 1 aromatic carbocycles. The number of piperidine rings is 1. The number of benzene rings is 1. The molecule has 2 atom stereocenters. The largest absolute Gasteiger partial charge is 0.352 e. The van der Waals surface area contributed by atoms with E-state index in [2.05, 4.69) is 48.7 Å². The molecule has 3 nitrogen and oxygen atoms in total. The number of fused-ring (bicyclic) bond motifs is 1. The molecule has 2 aliphatic rings. The molecule has 1 heterocycles. The molecular formula is C18H26N2O. The smallest absolute Gasteiger partial charge is 0.227 e. The van der Waals surface area contributed by atoms with Gasteiger partial charge >= 0.3 is 0 Å². The molecule has 1 aliphatic heterocycles. The van der Waals surface area contributed by atoms with Gasteiger partial charge in [0.25, 0.3) is 0 Å². The van der Waals surface area contributed by atoms with Gasteiger partial charge in [-0.25, -0.2) is 0 Å². The lowest BCUT2D eigenvalue weighted by molar-refractivity contribution is -0.124. The Bertz CT molecular complexity index is 524. The fourth-order valence-electron chi connectivity index (χ4n) is 3.74. The number of carbonyl (C=O) groups is 1. The van der Waals surface area contributed by atoms with Crippen LogP contribution in [0.3, 0.4) is 0 Å². The van der Waals surface area contributed by atoms with Crippen LogP contribution in [0, 0.1) is 5.41 Å². The minimum absolute atomic E-state index is 0.0423. The van der Waals surface area contributed by atoms with E-state index >= 15 is 0 Å². The zero-order valence-corrected chi connectivity index (χ0v) is 13.1. The summed E-state index contributed by atoms with van der Waals surface area (Å²) < 4.78 is 0. The molecule has 21 heavy (non-hydrogen) atoms. The van der Waals surface area contributed by atoms with Crippen molar-refractivity contribution in [1.82, 2.24) is 10.6 Å². The van der Waals surface area contributed by atoms with Gasteiger partial charge in [-0.1, -0.05) is 38.1 Å². The van der Waals surface area contributed by atoms with Crippen molar-refractivity contribution in [3.05, 3.63) is 35.4 Å². The maximum absolute atomic E-state index is 12.8. The van der Waals surface area contributed by atoms with Crippen LogP contribution in [0.1, 0.15) is 50.2 Å². The van der Waals surface area contributed by atoms with Crippen LogP contribution in [0.4, 0.5) is 0 Å². The second-order valence-corrected chi connectivity index (χ2v) is 7.16. The van der Waals surface area contributed by atoms with E-state index in [0.717, 1.165) is 38.8 Å². The van der Waals surface area contributed by atoms with E-state index in [-0.39, 0.29) is 23.3 Å². The maximum Gasteiger partial charge on any atom is 0.227 e. The minimum Gasteiger partial charge on any atom is -0.352 e. The highest BCUT2D eigenvalue weighted by molar-refractivity contribution is 5.84. The van der Waals surface area contributed by atoms with Gasteiger partial charge in [-0.15, -0.1) is 0 Å². The Balaban J connectivity index is 1.74. The number of rotatable bonds is 2. The zero-order valence-electron chi connectivity index (χ0n) is 13.1. The van der Waals surface area contributed by atoms with Crippen molar-refractivity contribution in [2.45, 2.75) is 51.5 Å². The van der Waals surface area contributed by atoms with Gasteiger partial charge in [0.1, 0.15) is 0 Å². The molecule has 3 rings (SSSR count). The molecule has 1 aromatic rings. The topological polar surface area (TPSA) is 41.1 Å². The van der Waals surface area contributed by atoms with Crippen LogP contribution in [0.15, 0.2) is 24.3 Å². The van der Waals surface area contributed by atoms with E-state index in [4.69, 9.17) is 0 Å². The van der Waals surface area contributed by atoms with Gasteiger partial charge in [-0.2, -0.15) is 0 Å². The molecule has 1 fully saturated rings. The van der Waals surface area contributed by atoms with Crippen LogP contribution < -0.4 is 10.6 Å². The lowest BCUT2D eigenvalue weighted by Gasteiger charge is -2.40. The summed E-state index contributed by atoms with van der Waals surface area (Å²) >= 11 is 0. The average Bonchev–Trinajstić information content (AvgIpc) is 2.48. The van der Waals surface area contributed by atoms with E-state index < -0.39 is 0 Å². The molecule has 0 bridgehead atoms. The van der Waals surface area contributed by atoms with Crippen molar-refractivity contribution in [2.75, 3.05) is 13.1 Å². The summed E-state index contributed by atoms with van der Waals surface area (Å²) in [5, 5.41) is 6.76. The van der Waals surface area contributed by atoms with Crippen LogP contribution in [0.5, 0.6) is 0 Å². The van der Waals surface area contributed by atoms with Gasteiger partial charge in [-0.3, -0.25) is 4.79 Å². The first-order valence-electron chi connectivity index (χ1n) is 8.17. The van der Waals surface area contributed by atoms with Gasteiger partial charge in [-0.05, 0) is 48.8 Å². The first-order chi connectivity index (χ1) is 10.1. The molecule has 1 aliphatic carbocycles. The molecule has 114 valence electrons. The summed E-state index contributed by atoms with van der Waals surface area (Å²) in [4.78, 5) is 12.8. The highest BCUT2D eigenvalue weighted by atomic mass is 16.2. The maximum atomic E-state index is 12.8. The standard InChI is InChI=1S/C18H26N2O/c1-18(2)12-19-11-10-16(18)20-17(21)15-9-5-7-13-6-3-4-8-14(13)15/h3-4,6,8,15-16,19H,5,7,9-12H2,1-2H3,(H,20,21). The molecule has 2 unspecified atom stereocenters. The molecular weight excluding hydrogens is 260 g/mol. The van der Waals surface area contributed by atoms with Gasteiger partial charge in [0.2, 0.25) is 5.91 Å². The SMILES string of the molecule is CC1(C)CNCCC1NC(=O)C1CCCc2ccccc21. The third-order valence-electron chi connectivity index (χ3n) is 5.14. The molecule has 3 heteroatoms. The normalized spacial score (nSPS) is 27.7. The van der Waals surface area contributed by atoms with Crippen LogP contribution >= 0.6 is 0 Å². The molecule has 0 aromatic heterocycles. The second-order valence-electron chi connectivity index (χ2n) is 7.16. The summed E-state index contributed by atoms with van der Waals surface area (Å²) in [7, 11) is 0. The summed E-state index contributed by atoms with van der Waals surface area (Å²) in [6.07, 6.45) is 4.23. The summed E-state index contributed by atoms with van der Waals surface area (Å²) in [5.74, 6) is 0.266. The fraction of sp³-hybridized carbons (Fsp3) is 0.611. The fourth-order valence-corrected chi connectivity index (χ4v) is 3.74. The van der Waals surface area contributed by atoms with Gasteiger partial charge in [0.05, 0.1) is 5.92 Å². The van der Waals surface area contributed by atoms with Crippen molar-refractivity contribution in [2.24, 2.45) is 5.41 Å². The first-order valence-corrected chi connectivity index (χ1v) is 8.17. The second kappa shape index (κ2) is 5.80. The van der Waals surface area contributed by atoms with Crippen molar-refractivity contribution in [3.63, 3.8) is 0 Å². The molecule has 2 N–H and O–H groups in total. The van der Waals surface area contributed by atoms with Crippen molar-refractivity contribution in [3.8, 4) is 0 Å². The lowest BCUT2D eigenvalue weighted by atomic mass is 9.78. The van der Waals surface area contributed by atoms with Gasteiger partial charge in [0.15, 0.2) is 0 Å².